The Balaban J connectivity index is 2.96. The van der Waals surface area contributed by atoms with E-state index in [1.165, 1.54) is 25.1 Å². The molecule has 0 fully saturated rings. The summed E-state index contributed by atoms with van der Waals surface area (Å²) in [7, 11) is 0. The fraction of sp³-hybridized carbons (Fsp3) is 0.571. The van der Waals surface area contributed by atoms with Crippen molar-refractivity contribution < 1.29 is 38.8 Å². The second-order valence-electron chi connectivity index (χ2n) is 9.25. The topological polar surface area (TPSA) is 143 Å². The number of carbonyl (C=O) groups excluding carboxylic acids is 3. The van der Waals surface area contributed by atoms with Crippen LogP contribution in [0.15, 0.2) is 18.2 Å². The molecule has 0 radical (unpaired) electrons. The quantitative estimate of drug-likeness (QED) is 0.217. The van der Waals surface area contributed by atoms with Crippen LogP contribution in [0, 0.1) is 0 Å². The Bertz CT molecular complexity index is 811. The van der Waals surface area contributed by atoms with Crippen LogP contribution in [-0.2, 0) is 30.2 Å². The molecular formula is C21H32N2O8. The number of hydrogen-bond acceptors (Lipinski definition) is 9. The highest BCUT2D eigenvalue weighted by atomic mass is 16.6. The average molecular weight is 440 g/mol. The third kappa shape index (κ3) is 9.56. The number of carbonyl (C=O) groups is 3. The fourth-order valence-electron chi connectivity index (χ4n) is 2.40. The highest BCUT2D eigenvalue weighted by Gasteiger charge is 2.37. The second kappa shape index (κ2) is 9.86. The maximum atomic E-state index is 12.8. The van der Waals surface area contributed by atoms with Crippen LogP contribution in [0.5, 0.6) is 11.5 Å². The number of benzene rings is 1. The zero-order chi connectivity index (χ0) is 24.0. The first kappa shape index (κ1) is 26.0. The molecule has 0 heterocycles. The lowest BCUT2D eigenvalue weighted by atomic mass is 9.93. The molecule has 0 saturated heterocycles. The van der Waals surface area contributed by atoms with E-state index in [2.05, 4.69) is 10.9 Å². The molecule has 0 spiro atoms. The van der Waals surface area contributed by atoms with Crippen molar-refractivity contribution in [1.82, 2.24) is 10.9 Å². The van der Waals surface area contributed by atoms with Crippen LogP contribution in [-0.4, -0.2) is 51.6 Å². The SMILES string of the molecule is CC(C)(C)OC(=O)COC(=O)C(C)(Cc1ccc(O)c(O)c1)NNC(=O)OC(C)(C)C. The van der Waals surface area contributed by atoms with Gasteiger partial charge in [0, 0.05) is 6.42 Å². The average Bonchev–Trinajstić information content (AvgIpc) is 2.58. The zero-order valence-corrected chi connectivity index (χ0v) is 19.0. The number of rotatable bonds is 7. The van der Waals surface area contributed by atoms with Gasteiger partial charge in [-0.3, -0.25) is 5.43 Å². The summed E-state index contributed by atoms with van der Waals surface area (Å²) in [5.41, 5.74) is 2.26. The van der Waals surface area contributed by atoms with Gasteiger partial charge in [0.05, 0.1) is 0 Å². The molecule has 0 saturated carbocycles. The molecule has 1 unspecified atom stereocenters. The molecule has 1 rings (SSSR count). The van der Waals surface area contributed by atoms with E-state index in [4.69, 9.17) is 14.2 Å². The van der Waals surface area contributed by atoms with Gasteiger partial charge in [0.2, 0.25) is 0 Å². The van der Waals surface area contributed by atoms with E-state index in [0.29, 0.717) is 5.56 Å². The van der Waals surface area contributed by atoms with Crippen LogP contribution in [0.25, 0.3) is 0 Å². The lowest BCUT2D eigenvalue weighted by molar-refractivity contribution is -0.169. The lowest BCUT2D eigenvalue weighted by Crippen LogP contribution is -2.59. The van der Waals surface area contributed by atoms with Gasteiger partial charge < -0.3 is 24.4 Å². The number of phenolic OH excluding ortho intramolecular Hbond substituents is 2. The van der Waals surface area contributed by atoms with Crippen LogP contribution in [0.1, 0.15) is 54.0 Å². The van der Waals surface area contributed by atoms with E-state index in [9.17, 15) is 24.6 Å². The number of ether oxygens (including phenoxy) is 3. The van der Waals surface area contributed by atoms with Crippen molar-refractivity contribution in [2.75, 3.05) is 6.61 Å². The number of aromatic hydroxyl groups is 2. The summed E-state index contributed by atoms with van der Waals surface area (Å²) in [4.78, 5) is 36.7. The van der Waals surface area contributed by atoms with E-state index >= 15 is 0 Å². The predicted octanol–water partition coefficient (Wildman–Crippen LogP) is 2.31. The van der Waals surface area contributed by atoms with E-state index in [-0.39, 0.29) is 17.9 Å². The van der Waals surface area contributed by atoms with Crippen molar-refractivity contribution in [3.8, 4) is 11.5 Å². The van der Waals surface area contributed by atoms with Crippen molar-refractivity contribution in [1.29, 1.82) is 0 Å². The molecule has 0 aromatic heterocycles. The Kier molecular flexibility index (Phi) is 8.28. The fourth-order valence-corrected chi connectivity index (χ4v) is 2.40. The van der Waals surface area contributed by atoms with E-state index in [0.717, 1.165) is 0 Å². The van der Waals surface area contributed by atoms with Gasteiger partial charge in [0.25, 0.3) is 0 Å². The van der Waals surface area contributed by atoms with Crippen LogP contribution < -0.4 is 10.9 Å². The van der Waals surface area contributed by atoms with E-state index in [1.807, 2.05) is 0 Å². The third-order valence-electron chi connectivity index (χ3n) is 3.63. The summed E-state index contributed by atoms with van der Waals surface area (Å²) in [6.07, 6.45) is -0.892. The van der Waals surface area contributed by atoms with Crippen LogP contribution >= 0.6 is 0 Å². The molecule has 1 aromatic rings. The summed E-state index contributed by atoms with van der Waals surface area (Å²) in [5, 5.41) is 19.2. The summed E-state index contributed by atoms with van der Waals surface area (Å²) in [6.45, 7) is 10.9. The normalized spacial score (nSPS) is 13.6. The van der Waals surface area contributed by atoms with Crippen LogP contribution in [0.4, 0.5) is 4.79 Å². The molecule has 10 nitrogen and oxygen atoms in total. The van der Waals surface area contributed by atoms with Crippen LogP contribution in [0.3, 0.4) is 0 Å². The molecule has 4 N–H and O–H groups in total. The smallest absolute Gasteiger partial charge is 0.422 e. The molecule has 0 aliphatic carbocycles. The molecule has 0 bridgehead atoms. The molecule has 1 aromatic carbocycles. The maximum absolute atomic E-state index is 12.8. The summed E-state index contributed by atoms with van der Waals surface area (Å²) >= 11 is 0. The van der Waals surface area contributed by atoms with Gasteiger partial charge in [-0.15, -0.1) is 0 Å². The van der Waals surface area contributed by atoms with Crippen LogP contribution in [0.2, 0.25) is 0 Å². The number of hydrogen-bond donors (Lipinski definition) is 4. The first-order chi connectivity index (χ1) is 14.0. The van der Waals surface area contributed by atoms with Gasteiger partial charge in [0.1, 0.15) is 16.7 Å². The molecule has 0 aliphatic rings. The van der Waals surface area contributed by atoms with Crippen molar-refractivity contribution in [3.63, 3.8) is 0 Å². The molecule has 10 heteroatoms. The highest BCUT2D eigenvalue weighted by Crippen LogP contribution is 2.27. The number of amides is 1. The zero-order valence-electron chi connectivity index (χ0n) is 19.0. The summed E-state index contributed by atoms with van der Waals surface area (Å²) < 4.78 is 15.3. The van der Waals surface area contributed by atoms with Crippen molar-refractivity contribution in [3.05, 3.63) is 23.8 Å². The minimum absolute atomic E-state index is 0.0657. The molecule has 31 heavy (non-hydrogen) atoms. The van der Waals surface area contributed by atoms with Gasteiger partial charge in [-0.2, -0.15) is 0 Å². The summed E-state index contributed by atoms with van der Waals surface area (Å²) in [6, 6.07) is 4.02. The molecule has 0 aliphatic heterocycles. The Morgan fingerprint density at radius 2 is 1.48 bits per heavy atom. The minimum Gasteiger partial charge on any atom is -0.504 e. The monoisotopic (exact) mass is 440 g/mol. The van der Waals surface area contributed by atoms with Gasteiger partial charge in [-0.05, 0) is 66.2 Å². The number of nitrogens with one attached hydrogen (secondary N) is 2. The predicted molar refractivity (Wildman–Crippen MR) is 111 cm³/mol. The lowest BCUT2D eigenvalue weighted by Gasteiger charge is -2.30. The molecule has 174 valence electrons. The number of hydrazine groups is 1. The Hall–Kier alpha value is -3.01. The minimum atomic E-state index is -1.55. The van der Waals surface area contributed by atoms with Gasteiger partial charge in [-0.1, -0.05) is 6.07 Å². The molecule has 1 atom stereocenters. The molecular weight excluding hydrogens is 408 g/mol. The Morgan fingerprint density at radius 1 is 0.903 bits per heavy atom. The third-order valence-corrected chi connectivity index (χ3v) is 3.63. The highest BCUT2D eigenvalue weighted by molar-refractivity contribution is 5.84. The maximum Gasteiger partial charge on any atom is 0.422 e. The second-order valence-corrected chi connectivity index (χ2v) is 9.25. The number of esters is 2. The van der Waals surface area contributed by atoms with E-state index in [1.54, 1.807) is 41.5 Å². The Morgan fingerprint density at radius 3 is 2.00 bits per heavy atom. The number of phenols is 2. The standard InChI is InChI=1S/C21H32N2O8/c1-19(2,3)30-16(26)12-29-17(27)21(7,23-22-18(28)31-20(4,5)6)11-13-8-9-14(24)15(25)10-13/h8-10,23-25H,11-12H2,1-7H3,(H,22,28). The van der Waals surface area contributed by atoms with Crippen molar-refractivity contribution in [2.45, 2.75) is 71.6 Å². The van der Waals surface area contributed by atoms with Gasteiger partial charge in [0.15, 0.2) is 18.1 Å². The van der Waals surface area contributed by atoms with E-state index < -0.39 is 41.4 Å². The largest absolute Gasteiger partial charge is 0.504 e. The molecule has 1 amide bonds. The van der Waals surface area contributed by atoms with Gasteiger partial charge >= 0.3 is 18.0 Å². The summed E-state index contributed by atoms with van der Waals surface area (Å²) in [5.74, 6) is -2.28. The first-order valence-corrected chi connectivity index (χ1v) is 9.67. The van der Waals surface area contributed by atoms with Gasteiger partial charge in [-0.25, -0.2) is 19.8 Å². The first-order valence-electron chi connectivity index (χ1n) is 9.67. The Labute approximate surface area is 181 Å². The van der Waals surface area contributed by atoms with Crippen molar-refractivity contribution >= 4 is 18.0 Å². The van der Waals surface area contributed by atoms with Crippen molar-refractivity contribution in [2.24, 2.45) is 0 Å².